The van der Waals surface area contributed by atoms with Crippen molar-refractivity contribution in [2.75, 3.05) is 7.11 Å². The van der Waals surface area contributed by atoms with E-state index >= 15 is 0 Å². The molecular formula is C15H24N2O2. The van der Waals surface area contributed by atoms with Crippen LogP contribution >= 0.6 is 0 Å². The Balaban J connectivity index is 1.96. The Morgan fingerprint density at radius 1 is 1.53 bits per heavy atom. The van der Waals surface area contributed by atoms with Crippen LogP contribution in [-0.2, 0) is 23.0 Å². The molecule has 0 aliphatic heterocycles. The van der Waals surface area contributed by atoms with Gasteiger partial charge < -0.3 is 9.30 Å². The number of aryl methyl sites for hydroxylation is 2. The third-order valence-electron chi connectivity index (χ3n) is 4.48. The van der Waals surface area contributed by atoms with Crippen LogP contribution in [0.1, 0.15) is 44.9 Å². The Morgan fingerprint density at radius 3 is 2.74 bits per heavy atom. The number of imidazole rings is 1. The molecule has 0 aromatic carbocycles. The number of hydrogen-bond donors (Lipinski definition) is 0. The molecular weight excluding hydrogens is 240 g/mol. The largest absolute Gasteiger partial charge is 0.370 e. The zero-order chi connectivity index (χ0) is 13.9. The summed E-state index contributed by atoms with van der Waals surface area (Å²) in [6, 6.07) is 0. The second-order valence-corrected chi connectivity index (χ2v) is 5.76. The van der Waals surface area contributed by atoms with Gasteiger partial charge >= 0.3 is 0 Å². The number of carbonyl (C=O) groups is 1. The standard InChI is InChI=1S/C15H24N2O2/c1-12-6-8-15(19-3,9-7-12)13(18)4-5-14-16-10-11-17(14)2/h10-12H,4-9H2,1-3H3. The number of Topliss-reactive ketones (excluding diaryl/α,β-unsaturated/α-hetero) is 1. The fraction of sp³-hybridized carbons (Fsp3) is 0.733. The maximum atomic E-state index is 12.5. The summed E-state index contributed by atoms with van der Waals surface area (Å²) in [7, 11) is 3.63. The van der Waals surface area contributed by atoms with Crippen molar-refractivity contribution in [3.63, 3.8) is 0 Å². The van der Waals surface area contributed by atoms with E-state index in [0.717, 1.165) is 31.5 Å². The molecule has 4 heteroatoms. The van der Waals surface area contributed by atoms with Crippen LogP contribution < -0.4 is 0 Å². The Kier molecular flexibility index (Phi) is 4.40. The van der Waals surface area contributed by atoms with Gasteiger partial charge in [-0.25, -0.2) is 4.98 Å². The number of ketones is 1. The van der Waals surface area contributed by atoms with Gasteiger partial charge in [0.2, 0.25) is 0 Å². The van der Waals surface area contributed by atoms with Crippen molar-refractivity contribution in [2.24, 2.45) is 13.0 Å². The van der Waals surface area contributed by atoms with Crippen LogP contribution in [0.25, 0.3) is 0 Å². The highest BCUT2D eigenvalue weighted by Gasteiger charge is 2.40. The number of rotatable bonds is 5. The third-order valence-corrected chi connectivity index (χ3v) is 4.48. The number of hydrogen-bond acceptors (Lipinski definition) is 3. The minimum atomic E-state index is -0.530. The molecule has 1 aliphatic rings. The molecule has 1 aromatic rings. The first-order chi connectivity index (χ1) is 9.07. The minimum absolute atomic E-state index is 0.241. The number of aromatic nitrogens is 2. The summed E-state index contributed by atoms with van der Waals surface area (Å²) in [4.78, 5) is 16.8. The first-order valence-corrected chi connectivity index (χ1v) is 7.12. The molecule has 0 bridgehead atoms. The van der Waals surface area contributed by atoms with Crippen molar-refractivity contribution >= 4 is 5.78 Å². The molecule has 2 rings (SSSR count). The van der Waals surface area contributed by atoms with E-state index in [2.05, 4.69) is 11.9 Å². The van der Waals surface area contributed by atoms with E-state index in [9.17, 15) is 4.79 Å². The van der Waals surface area contributed by atoms with E-state index in [4.69, 9.17) is 4.74 Å². The smallest absolute Gasteiger partial charge is 0.165 e. The molecule has 0 N–H and O–H groups in total. The van der Waals surface area contributed by atoms with Gasteiger partial charge in [-0.2, -0.15) is 0 Å². The van der Waals surface area contributed by atoms with Gasteiger partial charge in [0, 0.05) is 39.4 Å². The first-order valence-electron chi connectivity index (χ1n) is 7.12. The summed E-state index contributed by atoms with van der Waals surface area (Å²) in [6.45, 7) is 2.25. The summed E-state index contributed by atoms with van der Waals surface area (Å²) in [5.74, 6) is 1.92. The fourth-order valence-corrected chi connectivity index (χ4v) is 2.92. The predicted octanol–water partition coefficient (Wildman–Crippen LogP) is 2.52. The first kappa shape index (κ1) is 14.3. The summed E-state index contributed by atoms with van der Waals surface area (Å²) < 4.78 is 7.58. The van der Waals surface area contributed by atoms with Crippen molar-refractivity contribution in [2.45, 2.75) is 51.0 Å². The number of ether oxygens (including phenoxy) is 1. The van der Waals surface area contributed by atoms with Crippen LogP contribution in [0.4, 0.5) is 0 Å². The lowest BCUT2D eigenvalue weighted by Gasteiger charge is -2.37. The van der Waals surface area contributed by atoms with Crippen LogP contribution in [0.15, 0.2) is 12.4 Å². The minimum Gasteiger partial charge on any atom is -0.370 e. The summed E-state index contributed by atoms with van der Waals surface area (Å²) in [5, 5.41) is 0. The van der Waals surface area contributed by atoms with Gasteiger partial charge in [0.05, 0.1) is 0 Å². The van der Waals surface area contributed by atoms with Crippen LogP contribution in [0.2, 0.25) is 0 Å². The lowest BCUT2D eigenvalue weighted by Crippen LogP contribution is -2.44. The van der Waals surface area contributed by atoms with Gasteiger partial charge in [0.1, 0.15) is 11.4 Å². The van der Waals surface area contributed by atoms with Crippen molar-refractivity contribution in [1.29, 1.82) is 0 Å². The maximum Gasteiger partial charge on any atom is 0.165 e. The molecule has 0 spiro atoms. The SMILES string of the molecule is COC1(C(=O)CCc2nccn2C)CCC(C)CC1. The lowest BCUT2D eigenvalue weighted by molar-refractivity contribution is -0.146. The molecule has 0 unspecified atom stereocenters. The van der Waals surface area contributed by atoms with Gasteiger partial charge in [0.15, 0.2) is 5.78 Å². The van der Waals surface area contributed by atoms with Crippen molar-refractivity contribution in [1.82, 2.24) is 9.55 Å². The average Bonchev–Trinajstić information content (AvgIpc) is 2.83. The second kappa shape index (κ2) is 5.87. The number of carbonyl (C=O) groups excluding carboxylic acids is 1. The summed E-state index contributed by atoms with van der Waals surface area (Å²) in [6.07, 6.45) is 8.80. The lowest BCUT2D eigenvalue weighted by atomic mass is 9.76. The van der Waals surface area contributed by atoms with E-state index in [-0.39, 0.29) is 5.78 Å². The predicted molar refractivity (Wildman–Crippen MR) is 73.9 cm³/mol. The third kappa shape index (κ3) is 3.06. The Bertz CT molecular complexity index is 431. The molecule has 0 saturated heterocycles. The Morgan fingerprint density at radius 2 is 2.21 bits per heavy atom. The molecule has 1 fully saturated rings. The molecule has 4 nitrogen and oxygen atoms in total. The van der Waals surface area contributed by atoms with Crippen molar-refractivity contribution in [3.8, 4) is 0 Å². The highest BCUT2D eigenvalue weighted by Crippen LogP contribution is 2.35. The Labute approximate surface area is 115 Å². The van der Waals surface area contributed by atoms with E-state index in [1.807, 2.05) is 17.8 Å². The quantitative estimate of drug-likeness (QED) is 0.821. The van der Waals surface area contributed by atoms with Crippen LogP contribution in [0.5, 0.6) is 0 Å². The van der Waals surface area contributed by atoms with Gasteiger partial charge in [0.25, 0.3) is 0 Å². The van der Waals surface area contributed by atoms with E-state index < -0.39 is 5.60 Å². The van der Waals surface area contributed by atoms with Crippen LogP contribution in [-0.4, -0.2) is 28.0 Å². The zero-order valence-electron chi connectivity index (χ0n) is 12.2. The highest BCUT2D eigenvalue weighted by atomic mass is 16.5. The molecule has 1 heterocycles. The summed E-state index contributed by atoms with van der Waals surface area (Å²) in [5.41, 5.74) is -0.530. The molecule has 1 saturated carbocycles. The van der Waals surface area contributed by atoms with Gasteiger partial charge in [-0.15, -0.1) is 0 Å². The summed E-state index contributed by atoms with van der Waals surface area (Å²) >= 11 is 0. The highest BCUT2D eigenvalue weighted by molar-refractivity contribution is 5.87. The van der Waals surface area contributed by atoms with E-state index in [0.29, 0.717) is 18.8 Å². The van der Waals surface area contributed by atoms with Crippen LogP contribution in [0.3, 0.4) is 0 Å². The van der Waals surface area contributed by atoms with Crippen molar-refractivity contribution in [3.05, 3.63) is 18.2 Å². The topological polar surface area (TPSA) is 44.1 Å². The zero-order valence-corrected chi connectivity index (χ0v) is 12.2. The fourth-order valence-electron chi connectivity index (χ4n) is 2.92. The molecule has 0 atom stereocenters. The second-order valence-electron chi connectivity index (χ2n) is 5.76. The van der Waals surface area contributed by atoms with E-state index in [1.165, 1.54) is 0 Å². The van der Waals surface area contributed by atoms with Gasteiger partial charge in [-0.1, -0.05) is 6.92 Å². The Hall–Kier alpha value is -1.16. The normalized spacial score (nSPS) is 27.4. The monoisotopic (exact) mass is 264 g/mol. The molecule has 1 aliphatic carbocycles. The molecule has 19 heavy (non-hydrogen) atoms. The average molecular weight is 264 g/mol. The van der Waals surface area contributed by atoms with Crippen molar-refractivity contribution < 1.29 is 9.53 Å². The molecule has 106 valence electrons. The number of methoxy groups -OCH3 is 1. The number of nitrogens with zero attached hydrogens (tertiary/aromatic N) is 2. The van der Waals surface area contributed by atoms with Gasteiger partial charge in [-0.3, -0.25) is 4.79 Å². The van der Waals surface area contributed by atoms with Crippen LogP contribution in [0, 0.1) is 5.92 Å². The van der Waals surface area contributed by atoms with E-state index in [1.54, 1.807) is 13.3 Å². The molecule has 0 amide bonds. The molecule has 0 radical (unpaired) electrons. The molecule has 1 aromatic heterocycles. The maximum absolute atomic E-state index is 12.5. The van der Waals surface area contributed by atoms with Gasteiger partial charge in [-0.05, 0) is 31.6 Å².